The highest BCUT2D eigenvalue weighted by atomic mass is 32.2. The van der Waals surface area contributed by atoms with Crippen LogP contribution >= 0.6 is 11.3 Å². The van der Waals surface area contributed by atoms with Crippen molar-refractivity contribution in [1.29, 1.82) is 0 Å². The number of hydrogen-bond donors (Lipinski definition) is 0. The fourth-order valence-corrected chi connectivity index (χ4v) is 5.00. The van der Waals surface area contributed by atoms with Crippen LogP contribution in [0.3, 0.4) is 0 Å². The Labute approximate surface area is 128 Å². The molecule has 0 radical (unpaired) electrons. The molecular weight excluding hydrogens is 308 g/mol. The van der Waals surface area contributed by atoms with E-state index >= 15 is 0 Å². The Morgan fingerprint density at radius 2 is 2.19 bits per heavy atom. The number of aromatic nitrogens is 1. The van der Waals surface area contributed by atoms with Gasteiger partial charge in [-0.25, -0.2) is 13.4 Å². The number of hydrogen-bond acceptors (Lipinski definition) is 5. The molecule has 0 saturated heterocycles. The van der Waals surface area contributed by atoms with Crippen molar-refractivity contribution in [2.75, 3.05) is 13.7 Å². The lowest BCUT2D eigenvalue weighted by Gasteiger charge is -2.26. The quantitative estimate of drug-likeness (QED) is 0.868. The van der Waals surface area contributed by atoms with Crippen LogP contribution in [0.2, 0.25) is 0 Å². The van der Waals surface area contributed by atoms with E-state index in [1.807, 2.05) is 0 Å². The number of ether oxygens (including phenoxy) is 1. The maximum Gasteiger partial charge on any atom is 0.243 e. The van der Waals surface area contributed by atoms with E-state index in [0.29, 0.717) is 35.7 Å². The summed E-state index contributed by atoms with van der Waals surface area (Å²) < 4.78 is 32.3. The Balaban J connectivity index is 1.95. The normalized spacial score (nSPS) is 15.7. The monoisotopic (exact) mass is 324 g/mol. The number of sulfonamides is 1. The number of rotatable bonds is 3. The molecule has 1 aromatic carbocycles. The third-order valence-corrected chi connectivity index (χ3v) is 6.51. The van der Waals surface area contributed by atoms with Gasteiger partial charge in [0.15, 0.2) is 0 Å². The van der Waals surface area contributed by atoms with Crippen LogP contribution in [0.15, 0.2) is 28.6 Å². The lowest BCUT2D eigenvalue weighted by atomic mass is 10.2. The van der Waals surface area contributed by atoms with Crippen molar-refractivity contribution in [2.45, 2.75) is 24.8 Å². The van der Waals surface area contributed by atoms with Crippen molar-refractivity contribution in [3.05, 3.63) is 39.8 Å². The minimum atomic E-state index is -3.48. The lowest BCUT2D eigenvalue weighted by molar-refractivity contribution is 0.392. The number of methoxy groups -OCH3 is 1. The maximum absolute atomic E-state index is 12.8. The Morgan fingerprint density at radius 1 is 1.38 bits per heavy atom. The number of nitrogens with zero attached hydrogens (tertiary/aromatic N) is 2. The predicted molar refractivity (Wildman–Crippen MR) is 81.1 cm³/mol. The number of thiazole rings is 1. The lowest BCUT2D eigenvalue weighted by Crippen LogP contribution is -2.35. The first-order valence-corrected chi connectivity index (χ1v) is 8.90. The zero-order valence-electron chi connectivity index (χ0n) is 11.9. The molecule has 7 heteroatoms. The van der Waals surface area contributed by atoms with Gasteiger partial charge in [0, 0.05) is 17.8 Å². The molecule has 3 rings (SSSR count). The molecule has 0 spiro atoms. The Morgan fingerprint density at radius 3 is 2.90 bits per heavy atom. The van der Waals surface area contributed by atoms with Crippen LogP contribution in [0.25, 0.3) is 0 Å². The second kappa shape index (κ2) is 5.40. The Kier molecular flexibility index (Phi) is 3.73. The van der Waals surface area contributed by atoms with Crippen LogP contribution in [0.5, 0.6) is 5.75 Å². The summed E-state index contributed by atoms with van der Waals surface area (Å²) in [6, 6.07) is 5.04. The molecule has 0 aliphatic carbocycles. The molecule has 5 nitrogen and oxygen atoms in total. The van der Waals surface area contributed by atoms with Crippen molar-refractivity contribution in [2.24, 2.45) is 0 Å². The van der Waals surface area contributed by atoms with Crippen LogP contribution < -0.4 is 4.74 Å². The standard InChI is InChI=1S/C14H16N2O3S2/c1-10-7-11(19-2)3-4-14(10)21(17,18)16-6-5-12-13(8-16)20-9-15-12/h3-4,7,9H,5-6,8H2,1-2H3. The molecule has 0 N–H and O–H groups in total. The molecule has 0 amide bonds. The minimum absolute atomic E-state index is 0.344. The van der Waals surface area contributed by atoms with Gasteiger partial charge in [0.05, 0.1) is 29.8 Å². The summed E-state index contributed by atoms with van der Waals surface area (Å²) in [6.45, 7) is 2.68. The number of benzene rings is 1. The van der Waals surface area contributed by atoms with Crippen molar-refractivity contribution in [1.82, 2.24) is 9.29 Å². The molecule has 1 aliphatic rings. The summed E-state index contributed by atoms with van der Waals surface area (Å²) in [7, 11) is -1.91. The van der Waals surface area contributed by atoms with Crippen molar-refractivity contribution < 1.29 is 13.2 Å². The van der Waals surface area contributed by atoms with Crippen LogP contribution in [0.1, 0.15) is 16.1 Å². The van der Waals surface area contributed by atoms with E-state index in [1.165, 1.54) is 15.6 Å². The molecule has 1 aromatic heterocycles. The van der Waals surface area contributed by atoms with Gasteiger partial charge in [-0.3, -0.25) is 0 Å². The largest absolute Gasteiger partial charge is 0.497 e. The summed E-state index contributed by atoms with van der Waals surface area (Å²) in [4.78, 5) is 5.65. The Bertz CT molecular complexity index is 768. The first-order chi connectivity index (χ1) is 10.0. The average molecular weight is 324 g/mol. The SMILES string of the molecule is COc1ccc(S(=O)(=O)N2CCc3ncsc3C2)c(C)c1. The van der Waals surface area contributed by atoms with Gasteiger partial charge in [-0.15, -0.1) is 11.3 Å². The van der Waals surface area contributed by atoms with Crippen molar-refractivity contribution >= 4 is 21.4 Å². The third kappa shape index (κ3) is 2.56. The predicted octanol–water partition coefficient (Wildman–Crippen LogP) is 2.21. The van der Waals surface area contributed by atoms with E-state index in [0.717, 1.165) is 10.6 Å². The van der Waals surface area contributed by atoms with Gasteiger partial charge in [-0.1, -0.05) is 0 Å². The topological polar surface area (TPSA) is 59.5 Å². The second-order valence-electron chi connectivity index (χ2n) is 4.94. The molecule has 0 fully saturated rings. The van der Waals surface area contributed by atoms with Crippen LogP contribution in [-0.4, -0.2) is 31.4 Å². The molecule has 112 valence electrons. The third-order valence-electron chi connectivity index (χ3n) is 3.64. The average Bonchev–Trinajstić information content (AvgIpc) is 2.94. The molecule has 2 aromatic rings. The van der Waals surface area contributed by atoms with Crippen molar-refractivity contribution in [3.8, 4) is 5.75 Å². The van der Waals surface area contributed by atoms with Gasteiger partial charge in [-0.2, -0.15) is 4.31 Å². The molecule has 1 aliphatic heterocycles. The maximum atomic E-state index is 12.8. The van der Waals surface area contributed by atoms with Gasteiger partial charge < -0.3 is 4.74 Å². The van der Waals surface area contributed by atoms with E-state index < -0.39 is 10.0 Å². The van der Waals surface area contributed by atoms with Crippen LogP contribution in [0, 0.1) is 6.92 Å². The highest BCUT2D eigenvalue weighted by molar-refractivity contribution is 7.89. The summed E-state index contributed by atoms with van der Waals surface area (Å²) in [5.74, 6) is 0.662. The number of fused-ring (bicyclic) bond motifs is 1. The van der Waals surface area contributed by atoms with E-state index in [2.05, 4.69) is 4.98 Å². The van der Waals surface area contributed by atoms with Crippen LogP contribution in [0.4, 0.5) is 0 Å². The zero-order chi connectivity index (χ0) is 15.0. The van der Waals surface area contributed by atoms with E-state index in [-0.39, 0.29) is 0 Å². The number of aryl methyl sites for hydroxylation is 1. The molecule has 0 bridgehead atoms. The molecule has 0 unspecified atom stereocenters. The van der Waals surface area contributed by atoms with Gasteiger partial charge in [0.25, 0.3) is 0 Å². The van der Waals surface area contributed by atoms with Gasteiger partial charge in [0.2, 0.25) is 10.0 Å². The van der Waals surface area contributed by atoms with Crippen LogP contribution in [-0.2, 0) is 23.0 Å². The molecule has 21 heavy (non-hydrogen) atoms. The second-order valence-corrected chi connectivity index (χ2v) is 7.79. The van der Waals surface area contributed by atoms with Gasteiger partial charge >= 0.3 is 0 Å². The Hall–Kier alpha value is -1.44. The fourth-order valence-electron chi connectivity index (χ4n) is 2.48. The molecule has 2 heterocycles. The first kappa shape index (κ1) is 14.5. The molecule has 0 saturated carbocycles. The smallest absolute Gasteiger partial charge is 0.243 e. The first-order valence-electron chi connectivity index (χ1n) is 6.58. The zero-order valence-corrected chi connectivity index (χ0v) is 13.5. The minimum Gasteiger partial charge on any atom is -0.497 e. The highest BCUT2D eigenvalue weighted by Crippen LogP contribution is 2.29. The molecular formula is C14H16N2O3S2. The van der Waals surface area contributed by atoms with E-state index in [1.54, 1.807) is 37.7 Å². The van der Waals surface area contributed by atoms with E-state index in [9.17, 15) is 8.42 Å². The molecule has 0 atom stereocenters. The fraction of sp³-hybridized carbons (Fsp3) is 0.357. The summed E-state index contributed by atoms with van der Waals surface area (Å²) in [5.41, 5.74) is 3.50. The van der Waals surface area contributed by atoms with Crippen molar-refractivity contribution in [3.63, 3.8) is 0 Å². The van der Waals surface area contributed by atoms with Gasteiger partial charge in [0.1, 0.15) is 5.75 Å². The van der Waals surface area contributed by atoms with Gasteiger partial charge in [-0.05, 0) is 30.7 Å². The van der Waals surface area contributed by atoms with E-state index in [4.69, 9.17) is 4.74 Å². The summed E-state index contributed by atoms with van der Waals surface area (Å²) >= 11 is 1.51. The summed E-state index contributed by atoms with van der Waals surface area (Å²) in [5, 5.41) is 0. The highest BCUT2D eigenvalue weighted by Gasteiger charge is 2.30. The summed E-state index contributed by atoms with van der Waals surface area (Å²) in [6.07, 6.45) is 0.674.